The van der Waals surface area contributed by atoms with Gasteiger partial charge in [0.1, 0.15) is 11.8 Å². The largest absolute Gasteiger partial charge is 0.482 e. The van der Waals surface area contributed by atoms with Crippen molar-refractivity contribution in [2.75, 3.05) is 6.61 Å². The Labute approximate surface area is 126 Å². The molecule has 1 saturated carbocycles. The monoisotopic (exact) mass is 286 g/mol. The molecular weight excluding hydrogens is 264 g/mol. The molecule has 0 heterocycles. The van der Waals surface area contributed by atoms with Crippen LogP contribution in [0.2, 0.25) is 0 Å². The molecule has 0 aromatic heterocycles. The number of nitrogens with zero attached hydrogens (tertiary/aromatic N) is 1. The Morgan fingerprint density at radius 3 is 2.62 bits per heavy atom. The zero-order valence-corrected chi connectivity index (χ0v) is 12.6. The Kier molecular flexibility index (Phi) is 5.21. The number of amides is 1. The van der Waals surface area contributed by atoms with E-state index in [0.29, 0.717) is 23.1 Å². The van der Waals surface area contributed by atoms with E-state index in [-0.39, 0.29) is 18.6 Å². The van der Waals surface area contributed by atoms with Crippen LogP contribution in [-0.2, 0) is 4.79 Å². The first-order valence-electron chi connectivity index (χ1n) is 7.49. The number of nitriles is 1. The molecule has 21 heavy (non-hydrogen) atoms. The van der Waals surface area contributed by atoms with Gasteiger partial charge in [0.2, 0.25) is 0 Å². The fourth-order valence-electron chi connectivity index (χ4n) is 3.16. The average Bonchev–Trinajstić information content (AvgIpc) is 2.44. The summed E-state index contributed by atoms with van der Waals surface area (Å²) in [5, 5.41) is 12.0. The second kappa shape index (κ2) is 7.12. The zero-order chi connectivity index (χ0) is 15.2. The lowest BCUT2D eigenvalue weighted by atomic mass is 9.80. The van der Waals surface area contributed by atoms with Crippen LogP contribution in [0.3, 0.4) is 0 Å². The molecule has 1 aliphatic rings. The number of nitrogens with one attached hydrogen (secondary N) is 1. The molecule has 4 heteroatoms. The van der Waals surface area contributed by atoms with E-state index in [1.54, 1.807) is 24.3 Å². The van der Waals surface area contributed by atoms with Crippen molar-refractivity contribution in [2.45, 2.75) is 39.2 Å². The summed E-state index contributed by atoms with van der Waals surface area (Å²) < 4.78 is 5.45. The van der Waals surface area contributed by atoms with E-state index in [0.717, 1.165) is 12.8 Å². The molecule has 2 rings (SSSR count). The Morgan fingerprint density at radius 2 is 1.95 bits per heavy atom. The van der Waals surface area contributed by atoms with E-state index in [4.69, 9.17) is 10.00 Å². The number of carbonyl (C=O) groups is 1. The van der Waals surface area contributed by atoms with Crippen LogP contribution in [0.4, 0.5) is 0 Å². The minimum Gasteiger partial charge on any atom is -0.482 e. The second-order valence-corrected chi connectivity index (χ2v) is 6.08. The fraction of sp³-hybridized carbons (Fsp3) is 0.529. The molecule has 0 aliphatic heterocycles. The smallest absolute Gasteiger partial charge is 0.258 e. The molecule has 2 atom stereocenters. The third-order valence-electron chi connectivity index (χ3n) is 3.91. The average molecular weight is 286 g/mol. The van der Waals surface area contributed by atoms with Crippen molar-refractivity contribution < 1.29 is 9.53 Å². The van der Waals surface area contributed by atoms with Gasteiger partial charge >= 0.3 is 0 Å². The summed E-state index contributed by atoms with van der Waals surface area (Å²) in [5.74, 6) is 1.65. The van der Waals surface area contributed by atoms with Gasteiger partial charge in [-0.05, 0) is 43.2 Å². The van der Waals surface area contributed by atoms with Crippen molar-refractivity contribution in [2.24, 2.45) is 11.8 Å². The van der Waals surface area contributed by atoms with E-state index in [2.05, 4.69) is 25.2 Å². The maximum atomic E-state index is 12.0. The van der Waals surface area contributed by atoms with Gasteiger partial charge in [-0.3, -0.25) is 4.79 Å². The minimum atomic E-state index is -0.117. The lowest BCUT2D eigenvalue weighted by Gasteiger charge is -2.31. The van der Waals surface area contributed by atoms with Crippen molar-refractivity contribution in [3.05, 3.63) is 29.8 Å². The van der Waals surface area contributed by atoms with Crippen molar-refractivity contribution >= 4 is 5.91 Å². The highest BCUT2D eigenvalue weighted by Crippen LogP contribution is 2.28. The van der Waals surface area contributed by atoms with Crippen molar-refractivity contribution in [1.82, 2.24) is 5.32 Å². The molecule has 1 aliphatic carbocycles. The van der Waals surface area contributed by atoms with Crippen LogP contribution < -0.4 is 10.1 Å². The minimum absolute atomic E-state index is 0.0437. The SMILES string of the molecule is CC1CC(C)CC(NC(=O)COc2ccccc2C#N)C1. The molecular formula is C17H22N2O2. The highest BCUT2D eigenvalue weighted by Gasteiger charge is 2.25. The number of benzene rings is 1. The maximum absolute atomic E-state index is 12.0. The van der Waals surface area contributed by atoms with E-state index in [9.17, 15) is 4.79 Å². The van der Waals surface area contributed by atoms with Crippen molar-refractivity contribution in [3.8, 4) is 11.8 Å². The molecule has 1 fully saturated rings. The highest BCUT2D eigenvalue weighted by molar-refractivity contribution is 5.78. The van der Waals surface area contributed by atoms with Gasteiger partial charge in [-0.15, -0.1) is 0 Å². The quantitative estimate of drug-likeness (QED) is 0.925. The molecule has 1 amide bonds. The third kappa shape index (κ3) is 4.49. The molecule has 0 radical (unpaired) electrons. The van der Waals surface area contributed by atoms with Gasteiger partial charge < -0.3 is 10.1 Å². The predicted octanol–water partition coefficient (Wildman–Crippen LogP) is 2.88. The molecule has 0 bridgehead atoms. The Hall–Kier alpha value is -2.02. The van der Waals surface area contributed by atoms with Gasteiger partial charge in [-0.1, -0.05) is 26.0 Å². The molecule has 1 N–H and O–H groups in total. The van der Waals surface area contributed by atoms with Crippen molar-refractivity contribution in [3.63, 3.8) is 0 Å². The first kappa shape index (κ1) is 15.4. The summed E-state index contributed by atoms with van der Waals surface area (Å²) in [6.07, 6.45) is 3.30. The summed E-state index contributed by atoms with van der Waals surface area (Å²) in [5.41, 5.74) is 0.449. The summed E-state index contributed by atoms with van der Waals surface area (Å²) in [6, 6.07) is 9.24. The topological polar surface area (TPSA) is 62.1 Å². The fourth-order valence-corrected chi connectivity index (χ4v) is 3.16. The Balaban J connectivity index is 1.84. The van der Waals surface area contributed by atoms with Gasteiger partial charge in [0.05, 0.1) is 5.56 Å². The maximum Gasteiger partial charge on any atom is 0.258 e. The summed E-state index contributed by atoms with van der Waals surface area (Å²) in [7, 11) is 0. The molecule has 4 nitrogen and oxygen atoms in total. The number of carbonyl (C=O) groups excluding carboxylic acids is 1. The van der Waals surface area contributed by atoms with Crippen molar-refractivity contribution in [1.29, 1.82) is 5.26 Å². The Morgan fingerprint density at radius 1 is 1.29 bits per heavy atom. The first-order valence-corrected chi connectivity index (χ1v) is 7.49. The van der Waals surface area contributed by atoms with Gasteiger partial charge in [-0.2, -0.15) is 5.26 Å². The molecule has 0 saturated heterocycles. The van der Waals surface area contributed by atoms with Gasteiger partial charge in [0.25, 0.3) is 5.91 Å². The Bertz CT molecular complexity index is 526. The molecule has 112 valence electrons. The number of ether oxygens (including phenoxy) is 1. The number of hydrogen-bond acceptors (Lipinski definition) is 3. The van der Waals surface area contributed by atoms with Crippen LogP contribution in [0.5, 0.6) is 5.75 Å². The van der Waals surface area contributed by atoms with E-state index in [1.807, 2.05) is 0 Å². The van der Waals surface area contributed by atoms with Gasteiger partial charge in [-0.25, -0.2) is 0 Å². The predicted molar refractivity (Wildman–Crippen MR) is 80.8 cm³/mol. The first-order chi connectivity index (χ1) is 10.1. The summed E-state index contributed by atoms with van der Waals surface area (Å²) >= 11 is 0. The van der Waals surface area contributed by atoms with Crippen LogP contribution in [0.1, 0.15) is 38.7 Å². The van der Waals surface area contributed by atoms with Crippen LogP contribution in [0.15, 0.2) is 24.3 Å². The van der Waals surface area contributed by atoms with Gasteiger partial charge in [0.15, 0.2) is 6.61 Å². The molecule has 2 unspecified atom stereocenters. The van der Waals surface area contributed by atoms with E-state index in [1.165, 1.54) is 6.42 Å². The number of para-hydroxylation sites is 1. The molecule has 0 spiro atoms. The van der Waals surface area contributed by atoms with E-state index < -0.39 is 0 Å². The second-order valence-electron chi connectivity index (χ2n) is 6.08. The molecule has 1 aromatic carbocycles. The van der Waals surface area contributed by atoms with Crippen LogP contribution in [0, 0.1) is 23.2 Å². The van der Waals surface area contributed by atoms with Crippen LogP contribution in [-0.4, -0.2) is 18.6 Å². The standard InChI is InChI=1S/C17H22N2O2/c1-12-7-13(2)9-15(8-12)19-17(20)11-21-16-6-4-3-5-14(16)10-18/h3-6,12-13,15H,7-9,11H2,1-2H3,(H,19,20). The highest BCUT2D eigenvalue weighted by atomic mass is 16.5. The molecule has 1 aromatic rings. The lowest BCUT2D eigenvalue weighted by Crippen LogP contribution is -2.42. The van der Waals surface area contributed by atoms with Crippen LogP contribution in [0.25, 0.3) is 0 Å². The normalized spacial score (nSPS) is 24.9. The number of rotatable bonds is 4. The summed E-state index contributed by atoms with van der Waals surface area (Å²) in [6.45, 7) is 4.42. The zero-order valence-electron chi connectivity index (χ0n) is 12.6. The lowest BCUT2D eigenvalue weighted by molar-refractivity contribution is -0.124. The number of hydrogen-bond donors (Lipinski definition) is 1. The van der Waals surface area contributed by atoms with Crippen LogP contribution >= 0.6 is 0 Å². The summed E-state index contributed by atoms with van der Waals surface area (Å²) in [4.78, 5) is 12.0. The van der Waals surface area contributed by atoms with Gasteiger partial charge in [0, 0.05) is 6.04 Å². The third-order valence-corrected chi connectivity index (χ3v) is 3.91. The van der Waals surface area contributed by atoms with E-state index >= 15 is 0 Å².